The van der Waals surface area contributed by atoms with Gasteiger partial charge in [0.2, 0.25) is 0 Å². The van der Waals surface area contributed by atoms with E-state index in [1.807, 2.05) is 42.5 Å². The molecule has 5 unspecified atom stereocenters. The smallest absolute Gasteiger partial charge is 0.462 e. The predicted molar refractivity (Wildman–Crippen MR) is 436 cm³/mol. The molecule has 0 aromatic heterocycles. The summed E-state index contributed by atoms with van der Waals surface area (Å²) in [6.45, 7) is 4.28. The maximum Gasteiger partial charge on any atom is 0.472 e. The minimum atomic E-state index is -5.02. The van der Waals surface area contributed by atoms with E-state index in [4.69, 9.17) is 37.0 Å². The van der Waals surface area contributed by atoms with Gasteiger partial charge >= 0.3 is 39.5 Å². The van der Waals surface area contributed by atoms with Crippen LogP contribution in [0.5, 0.6) is 0 Å². The third-order valence-electron chi connectivity index (χ3n) is 15.6. The van der Waals surface area contributed by atoms with Crippen LogP contribution in [0.3, 0.4) is 0 Å². The Kier molecular flexibility index (Phi) is 72.6. The number of hydrogen-bond donors (Lipinski definition) is 3. The fraction of sp³-hybridized carbons (Fsp3) is 0.586. The molecule has 0 spiro atoms. The fourth-order valence-corrected chi connectivity index (χ4v) is 11.3. The van der Waals surface area contributed by atoms with Crippen molar-refractivity contribution in [1.82, 2.24) is 0 Å². The number of ether oxygens (including phenoxy) is 4. The third kappa shape index (κ3) is 76.1. The number of hydrogen-bond acceptors (Lipinski definition) is 15. The number of aliphatic hydroxyl groups is 1. The van der Waals surface area contributed by atoms with Crippen molar-refractivity contribution in [2.45, 2.75) is 290 Å². The first-order chi connectivity index (χ1) is 51.7. The van der Waals surface area contributed by atoms with Crippen molar-refractivity contribution in [3.05, 3.63) is 194 Å². The van der Waals surface area contributed by atoms with Gasteiger partial charge in [-0.3, -0.25) is 37.3 Å². The highest BCUT2D eigenvalue weighted by atomic mass is 31.2. The van der Waals surface area contributed by atoms with Gasteiger partial charge in [-0.25, -0.2) is 9.13 Å². The van der Waals surface area contributed by atoms with Gasteiger partial charge in [-0.2, -0.15) is 0 Å². The van der Waals surface area contributed by atoms with Crippen molar-refractivity contribution in [3.8, 4) is 0 Å². The molecule has 0 saturated heterocycles. The van der Waals surface area contributed by atoms with Gasteiger partial charge in [-0.05, 0) is 141 Å². The van der Waals surface area contributed by atoms with Crippen molar-refractivity contribution in [3.63, 3.8) is 0 Å². The molecule has 0 aliphatic rings. The Balaban J connectivity index is 5.52. The monoisotopic (exact) mass is 1520 g/mol. The first kappa shape index (κ1) is 99.9. The molecule has 17 nitrogen and oxygen atoms in total. The first-order valence-electron chi connectivity index (χ1n) is 39.7. The summed E-state index contributed by atoms with van der Waals surface area (Å²) in [6, 6.07) is 0. The molecular formula is C87H138O17P2. The largest absolute Gasteiger partial charge is 0.472 e. The summed E-state index contributed by atoms with van der Waals surface area (Å²) in [5, 5.41) is 10.6. The Morgan fingerprint density at radius 2 is 0.509 bits per heavy atom. The SMILES string of the molecule is CC/C=C\C/C=C\C/C=C\C/C=C\C/C=C\C/C=C\CCC(=O)OCC(COP(=O)(O)OCC(O)COP(=O)(O)OCC(COC(=O)CC/C=C\C/C=C\C/C=C\C/C=C\C/C=C\C/C=C\CC)OC(=O)CCCCCCCCCCCCCCC)OC(=O)CCCC/C=C\C/C=C\C/C=C\C/C=C\CC. The lowest BCUT2D eigenvalue weighted by Gasteiger charge is -2.21. The third-order valence-corrected chi connectivity index (χ3v) is 17.5. The van der Waals surface area contributed by atoms with E-state index in [1.165, 1.54) is 51.4 Å². The predicted octanol–water partition coefficient (Wildman–Crippen LogP) is 23.3. The highest BCUT2D eigenvalue weighted by molar-refractivity contribution is 7.47. The average Bonchev–Trinajstić information content (AvgIpc) is 0.933. The highest BCUT2D eigenvalue weighted by Gasteiger charge is 2.30. The van der Waals surface area contributed by atoms with Gasteiger partial charge in [-0.15, -0.1) is 0 Å². The van der Waals surface area contributed by atoms with Gasteiger partial charge < -0.3 is 33.8 Å². The van der Waals surface area contributed by atoms with E-state index in [0.717, 1.165) is 122 Å². The second kappa shape index (κ2) is 77.1. The molecular weight excluding hydrogens is 1380 g/mol. The molecule has 5 atom stereocenters. The summed E-state index contributed by atoms with van der Waals surface area (Å²) in [4.78, 5) is 72.9. The summed E-state index contributed by atoms with van der Waals surface area (Å²) in [7, 11) is -10.0. The van der Waals surface area contributed by atoms with Crippen LogP contribution in [0.25, 0.3) is 0 Å². The zero-order chi connectivity index (χ0) is 77.4. The molecule has 0 aliphatic carbocycles. The number of carbonyl (C=O) groups is 4. The molecule has 106 heavy (non-hydrogen) atoms. The summed E-state index contributed by atoms with van der Waals surface area (Å²) < 4.78 is 68.4. The lowest BCUT2D eigenvalue weighted by molar-refractivity contribution is -0.161. The minimum absolute atomic E-state index is 0.0175. The normalized spacial score (nSPS) is 14.9. The first-order valence-corrected chi connectivity index (χ1v) is 42.7. The van der Waals surface area contributed by atoms with Crippen LogP contribution in [0, 0.1) is 0 Å². The molecule has 0 radical (unpaired) electrons. The van der Waals surface area contributed by atoms with E-state index < -0.39 is 97.5 Å². The van der Waals surface area contributed by atoms with Gasteiger partial charge in [0.05, 0.1) is 26.4 Å². The van der Waals surface area contributed by atoms with E-state index >= 15 is 0 Å². The molecule has 0 fully saturated rings. The van der Waals surface area contributed by atoms with Crippen LogP contribution in [-0.4, -0.2) is 96.7 Å². The Labute approximate surface area is 640 Å². The number of unbranched alkanes of at least 4 members (excludes halogenated alkanes) is 14. The van der Waals surface area contributed by atoms with E-state index in [1.54, 1.807) is 0 Å². The quantitative estimate of drug-likeness (QED) is 0.0169. The van der Waals surface area contributed by atoms with Gasteiger partial charge in [0.25, 0.3) is 0 Å². The topological polar surface area (TPSA) is 237 Å². The Morgan fingerprint density at radius 1 is 0.274 bits per heavy atom. The maximum absolute atomic E-state index is 13.1. The zero-order valence-corrected chi connectivity index (χ0v) is 67.1. The summed E-state index contributed by atoms with van der Waals surface area (Å²) in [5.41, 5.74) is 0. The number of allylic oxidation sites excluding steroid dienone is 32. The Morgan fingerprint density at radius 3 is 0.792 bits per heavy atom. The molecule has 3 N–H and O–H groups in total. The van der Waals surface area contributed by atoms with E-state index in [9.17, 15) is 43.2 Å². The van der Waals surface area contributed by atoms with Crippen LogP contribution >= 0.6 is 15.6 Å². The summed E-state index contributed by atoms with van der Waals surface area (Å²) in [5.74, 6) is -2.44. The average molecular weight is 1520 g/mol. The van der Waals surface area contributed by atoms with Crippen molar-refractivity contribution >= 4 is 39.5 Å². The number of esters is 4. The maximum atomic E-state index is 13.1. The zero-order valence-electron chi connectivity index (χ0n) is 65.3. The molecule has 0 bridgehead atoms. The van der Waals surface area contributed by atoms with Crippen LogP contribution in [-0.2, 0) is 65.4 Å². The summed E-state index contributed by atoms with van der Waals surface area (Å²) in [6.07, 6.45) is 94.5. The second-order valence-corrected chi connectivity index (χ2v) is 28.4. The van der Waals surface area contributed by atoms with Crippen LogP contribution in [0.1, 0.15) is 272 Å². The molecule has 0 heterocycles. The van der Waals surface area contributed by atoms with Crippen molar-refractivity contribution < 1.29 is 80.2 Å². The molecule has 0 rings (SSSR count). The van der Waals surface area contributed by atoms with Gasteiger partial charge in [0.15, 0.2) is 12.2 Å². The standard InChI is InChI=1S/C87H138O17P2/c1-5-9-13-17-21-25-29-33-36-38-40-42-45-48-51-55-59-63-67-71-84(89)97-77-82(103-86(91)73-69-65-61-57-53-47-32-28-24-20-16-12-8-4)79-101-105(93,94)99-75-81(88)76-100-106(95,96)102-80-83(104-87(92)74-70-66-62-58-54-50-44-35-31-27-23-19-15-11-7-3)78-98-85(90)72-68-64-60-56-52-49-46-43-41-39-37-34-30-26-22-18-14-10-6-2/h9-11,13-15,21-23,25-27,33-37,40-44,48-49,51-52,54,58-60,63-64,81-83,88H,5-8,12,16-20,24,28-32,38-39,45-47,50,53,55-57,61-62,65-80H2,1-4H3,(H,93,94)(H,95,96)/b13-9-,14-10-,15-11-,25-21-,26-22-,27-23-,36-33-,37-34-,42-40-,43-41-,44-35-,51-48-,52-49-,58-54-,63-59-,64-60-. The minimum Gasteiger partial charge on any atom is -0.462 e. The van der Waals surface area contributed by atoms with Crippen molar-refractivity contribution in [1.29, 1.82) is 0 Å². The molecule has 0 aliphatic heterocycles. The van der Waals surface area contributed by atoms with E-state index in [2.05, 4.69) is 180 Å². The Hall–Kier alpha value is -6.10. The lowest BCUT2D eigenvalue weighted by atomic mass is 10.0. The van der Waals surface area contributed by atoms with Crippen molar-refractivity contribution in [2.24, 2.45) is 0 Å². The number of phosphoric acid groups is 2. The number of rotatable bonds is 72. The van der Waals surface area contributed by atoms with Crippen LogP contribution < -0.4 is 0 Å². The number of phosphoric ester groups is 2. The fourth-order valence-electron chi connectivity index (χ4n) is 9.67. The molecule has 0 aromatic rings. The number of carbonyl (C=O) groups excluding carboxylic acids is 4. The molecule has 0 aromatic carbocycles. The van der Waals surface area contributed by atoms with E-state index in [0.29, 0.717) is 44.9 Å². The molecule has 598 valence electrons. The Bertz CT molecular complexity index is 2780. The highest BCUT2D eigenvalue weighted by Crippen LogP contribution is 2.45. The van der Waals surface area contributed by atoms with Gasteiger partial charge in [-0.1, -0.05) is 299 Å². The van der Waals surface area contributed by atoms with Gasteiger partial charge in [0, 0.05) is 25.7 Å². The molecule has 0 saturated carbocycles. The van der Waals surface area contributed by atoms with E-state index in [-0.39, 0.29) is 25.7 Å². The number of aliphatic hydroxyl groups excluding tert-OH is 1. The lowest BCUT2D eigenvalue weighted by Crippen LogP contribution is -2.30. The van der Waals surface area contributed by atoms with Gasteiger partial charge in [0.1, 0.15) is 19.3 Å². The van der Waals surface area contributed by atoms with Crippen molar-refractivity contribution in [2.75, 3.05) is 39.6 Å². The molecule has 19 heteroatoms. The van der Waals surface area contributed by atoms with Crippen LogP contribution in [0.2, 0.25) is 0 Å². The van der Waals surface area contributed by atoms with Crippen LogP contribution in [0.15, 0.2) is 194 Å². The molecule has 0 amide bonds. The van der Waals surface area contributed by atoms with Crippen LogP contribution in [0.4, 0.5) is 0 Å². The second-order valence-electron chi connectivity index (χ2n) is 25.5. The summed E-state index contributed by atoms with van der Waals surface area (Å²) >= 11 is 0.